The lowest BCUT2D eigenvalue weighted by atomic mass is 10.2. The van der Waals surface area contributed by atoms with Gasteiger partial charge in [0.05, 0.1) is 6.61 Å². The predicted molar refractivity (Wildman–Crippen MR) is 122 cm³/mol. The number of aliphatic imine (C=N–C) groups is 1. The Morgan fingerprint density at radius 3 is 2.81 bits per heavy atom. The zero-order valence-corrected chi connectivity index (χ0v) is 18.3. The van der Waals surface area contributed by atoms with Crippen molar-refractivity contribution in [2.75, 3.05) is 38.8 Å². The maximum Gasteiger partial charge on any atom is 0.198 e. The molecule has 1 N–H and O–H groups in total. The molecule has 0 fully saturated rings. The smallest absolute Gasteiger partial charge is 0.198 e. The SMILES string of the molecule is CN=C(NCc1cccc(OCCCOC)c1)N1CCc2ccccc21.I. The molecule has 0 amide bonds. The molecule has 0 saturated carbocycles. The van der Waals surface area contributed by atoms with Gasteiger partial charge in [0.1, 0.15) is 5.75 Å². The largest absolute Gasteiger partial charge is 0.493 e. The second-order valence-corrected chi connectivity index (χ2v) is 6.27. The van der Waals surface area contributed by atoms with Crippen LogP contribution in [0.15, 0.2) is 53.5 Å². The molecule has 2 aromatic carbocycles. The lowest BCUT2D eigenvalue weighted by Crippen LogP contribution is -2.40. The van der Waals surface area contributed by atoms with Crippen LogP contribution in [0.1, 0.15) is 17.5 Å². The van der Waals surface area contributed by atoms with Crippen LogP contribution in [0.25, 0.3) is 0 Å². The molecular formula is C21H28IN3O2. The molecule has 27 heavy (non-hydrogen) atoms. The quantitative estimate of drug-likeness (QED) is 0.283. The van der Waals surface area contributed by atoms with Gasteiger partial charge in [-0.3, -0.25) is 4.99 Å². The molecule has 2 aromatic rings. The van der Waals surface area contributed by atoms with E-state index in [0.29, 0.717) is 13.2 Å². The van der Waals surface area contributed by atoms with Crippen LogP contribution < -0.4 is 15.0 Å². The fraction of sp³-hybridized carbons (Fsp3) is 0.381. The Morgan fingerprint density at radius 1 is 1.15 bits per heavy atom. The maximum atomic E-state index is 5.78. The van der Waals surface area contributed by atoms with E-state index in [2.05, 4.69) is 51.6 Å². The first kappa shape index (κ1) is 21.5. The van der Waals surface area contributed by atoms with Crippen molar-refractivity contribution in [3.63, 3.8) is 0 Å². The molecule has 0 unspecified atom stereocenters. The van der Waals surface area contributed by atoms with Gasteiger partial charge < -0.3 is 19.7 Å². The van der Waals surface area contributed by atoms with E-state index >= 15 is 0 Å². The van der Waals surface area contributed by atoms with Crippen molar-refractivity contribution >= 4 is 35.6 Å². The molecule has 1 aliphatic rings. The number of anilines is 1. The summed E-state index contributed by atoms with van der Waals surface area (Å²) in [7, 11) is 3.54. The van der Waals surface area contributed by atoms with Crippen LogP contribution in [0.3, 0.4) is 0 Å². The average molecular weight is 481 g/mol. The van der Waals surface area contributed by atoms with Gasteiger partial charge in [-0.05, 0) is 35.7 Å². The summed E-state index contributed by atoms with van der Waals surface area (Å²) in [4.78, 5) is 6.71. The number of nitrogens with zero attached hydrogens (tertiary/aromatic N) is 2. The highest BCUT2D eigenvalue weighted by molar-refractivity contribution is 14.0. The molecule has 1 heterocycles. The lowest BCUT2D eigenvalue weighted by Gasteiger charge is -2.22. The van der Waals surface area contributed by atoms with Crippen molar-refractivity contribution in [2.45, 2.75) is 19.4 Å². The molecule has 1 aliphatic heterocycles. The normalized spacial score (nSPS) is 13.1. The van der Waals surface area contributed by atoms with E-state index in [4.69, 9.17) is 9.47 Å². The second kappa shape index (κ2) is 11.1. The van der Waals surface area contributed by atoms with Crippen LogP contribution in [0.2, 0.25) is 0 Å². The number of hydrogen-bond donors (Lipinski definition) is 1. The average Bonchev–Trinajstić information content (AvgIpc) is 3.10. The van der Waals surface area contributed by atoms with E-state index in [0.717, 1.165) is 37.7 Å². The molecular weight excluding hydrogens is 453 g/mol. The summed E-state index contributed by atoms with van der Waals surface area (Å²) in [6.07, 6.45) is 1.95. The number of fused-ring (bicyclic) bond motifs is 1. The molecule has 0 radical (unpaired) electrons. The van der Waals surface area contributed by atoms with Crippen LogP contribution in [0.4, 0.5) is 5.69 Å². The van der Waals surface area contributed by atoms with Crippen LogP contribution in [0, 0.1) is 0 Å². The lowest BCUT2D eigenvalue weighted by molar-refractivity contribution is 0.172. The summed E-state index contributed by atoms with van der Waals surface area (Å²) in [6.45, 7) is 3.05. The number of guanidine groups is 1. The highest BCUT2D eigenvalue weighted by Gasteiger charge is 2.22. The third-order valence-electron chi connectivity index (χ3n) is 4.47. The topological polar surface area (TPSA) is 46.1 Å². The van der Waals surface area contributed by atoms with Crippen LogP contribution in [-0.4, -0.2) is 39.9 Å². The zero-order chi connectivity index (χ0) is 18.2. The molecule has 0 spiro atoms. The standard InChI is InChI=1S/C21H27N3O2.HI/c1-22-21(24-12-11-18-8-3-4-10-20(18)24)23-16-17-7-5-9-19(15-17)26-14-6-13-25-2;/h3-5,7-10,15H,6,11-14,16H2,1-2H3,(H,22,23);1H. The van der Waals surface area contributed by atoms with Gasteiger partial charge in [-0.15, -0.1) is 24.0 Å². The minimum Gasteiger partial charge on any atom is -0.493 e. The molecule has 0 bridgehead atoms. The number of hydrogen-bond acceptors (Lipinski definition) is 3. The Morgan fingerprint density at radius 2 is 2.00 bits per heavy atom. The Kier molecular flexibility index (Phi) is 8.87. The fourth-order valence-electron chi connectivity index (χ4n) is 3.17. The van der Waals surface area contributed by atoms with E-state index < -0.39 is 0 Å². The first-order valence-corrected chi connectivity index (χ1v) is 9.08. The first-order chi connectivity index (χ1) is 12.8. The molecule has 5 nitrogen and oxygen atoms in total. The summed E-state index contributed by atoms with van der Waals surface area (Å²) >= 11 is 0. The molecule has 0 aromatic heterocycles. The Balaban J connectivity index is 0.00000261. The number of nitrogens with one attached hydrogen (secondary N) is 1. The second-order valence-electron chi connectivity index (χ2n) is 6.27. The number of methoxy groups -OCH3 is 1. The van der Waals surface area contributed by atoms with Gasteiger partial charge in [-0.25, -0.2) is 0 Å². The zero-order valence-electron chi connectivity index (χ0n) is 16.0. The number of para-hydroxylation sites is 1. The van der Waals surface area contributed by atoms with Crippen molar-refractivity contribution in [2.24, 2.45) is 4.99 Å². The Bertz CT molecular complexity index is 752. The summed E-state index contributed by atoms with van der Waals surface area (Å²) in [5.74, 6) is 1.79. The molecule has 3 rings (SSSR count). The van der Waals surface area contributed by atoms with Gasteiger partial charge >= 0.3 is 0 Å². The van der Waals surface area contributed by atoms with E-state index in [1.165, 1.54) is 16.8 Å². The molecule has 0 aliphatic carbocycles. The molecule has 0 saturated heterocycles. The summed E-state index contributed by atoms with van der Waals surface area (Å²) in [5, 5.41) is 3.47. The number of ether oxygens (including phenoxy) is 2. The molecule has 0 atom stereocenters. The van der Waals surface area contributed by atoms with Crippen molar-refractivity contribution in [3.05, 3.63) is 59.7 Å². The fourth-order valence-corrected chi connectivity index (χ4v) is 3.17. The van der Waals surface area contributed by atoms with Gasteiger partial charge in [0.25, 0.3) is 0 Å². The van der Waals surface area contributed by atoms with Crippen LogP contribution >= 0.6 is 24.0 Å². The number of halogens is 1. The van der Waals surface area contributed by atoms with Gasteiger partial charge in [-0.1, -0.05) is 30.3 Å². The Hall–Kier alpha value is -1.80. The van der Waals surface area contributed by atoms with Crippen molar-refractivity contribution < 1.29 is 9.47 Å². The van der Waals surface area contributed by atoms with Crippen molar-refractivity contribution in [3.8, 4) is 5.75 Å². The van der Waals surface area contributed by atoms with Gasteiger partial charge in [0.15, 0.2) is 5.96 Å². The number of rotatable bonds is 7. The van der Waals surface area contributed by atoms with E-state index in [9.17, 15) is 0 Å². The van der Waals surface area contributed by atoms with Crippen LogP contribution in [-0.2, 0) is 17.7 Å². The van der Waals surface area contributed by atoms with E-state index in [-0.39, 0.29) is 24.0 Å². The summed E-state index contributed by atoms with van der Waals surface area (Å²) < 4.78 is 10.8. The highest BCUT2D eigenvalue weighted by Crippen LogP contribution is 2.27. The van der Waals surface area contributed by atoms with Gasteiger partial charge in [-0.2, -0.15) is 0 Å². The number of benzene rings is 2. The third-order valence-corrected chi connectivity index (χ3v) is 4.47. The predicted octanol–water partition coefficient (Wildman–Crippen LogP) is 3.86. The minimum absolute atomic E-state index is 0. The summed E-state index contributed by atoms with van der Waals surface area (Å²) in [6, 6.07) is 16.7. The molecule has 146 valence electrons. The van der Waals surface area contributed by atoms with E-state index in [1.54, 1.807) is 7.11 Å². The highest BCUT2D eigenvalue weighted by atomic mass is 127. The third kappa shape index (κ3) is 5.84. The first-order valence-electron chi connectivity index (χ1n) is 9.08. The van der Waals surface area contributed by atoms with Crippen LogP contribution in [0.5, 0.6) is 5.75 Å². The van der Waals surface area contributed by atoms with E-state index in [1.807, 2.05) is 19.2 Å². The molecule has 6 heteroatoms. The van der Waals surface area contributed by atoms with Crippen molar-refractivity contribution in [1.29, 1.82) is 0 Å². The monoisotopic (exact) mass is 481 g/mol. The minimum atomic E-state index is 0. The Labute approximate surface area is 178 Å². The van der Waals surface area contributed by atoms with Gasteiger partial charge in [0, 0.05) is 46.0 Å². The maximum absolute atomic E-state index is 5.78. The van der Waals surface area contributed by atoms with Crippen molar-refractivity contribution in [1.82, 2.24) is 5.32 Å². The van der Waals surface area contributed by atoms with Gasteiger partial charge in [0.2, 0.25) is 0 Å². The summed E-state index contributed by atoms with van der Waals surface area (Å²) in [5.41, 5.74) is 3.79.